The maximum absolute atomic E-state index is 13.1. The zero-order valence-corrected chi connectivity index (χ0v) is 18.3. The van der Waals surface area contributed by atoms with E-state index in [1.807, 2.05) is 11.8 Å². The summed E-state index contributed by atoms with van der Waals surface area (Å²) in [5.41, 5.74) is 4.55. The lowest BCUT2D eigenvalue weighted by Crippen LogP contribution is -2.59. The Kier molecular flexibility index (Phi) is 8.24. The smallest absolute Gasteiger partial charge is 0.337 e. The molecule has 1 fully saturated rings. The number of aliphatic carboxylic acids is 1. The second-order valence-electron chi connectivity index (χ2n) is 7.67. The maximum atomic E-state index is 13.1. The summed E-state index contributed by atoms with van der Waals surface area (Å²) in [6.45, 7) is 4.78. The van der Waals surface area contributed by atoms with E-state index in [0.29, 0.717) is 19.5 Å². The van der Waals surface area contributed by atoms with Gasteiger partial charge in [0.2, 0.25) is 10.0 Å². The van der Waals surface area contributed by atoms with Crippen LogP contribution in [0.4, 0.5) is 10.1 Å². The number of benzene rings is 1. The molecule has 9 heteroatoms. The summed E-state index contributed by atoms with van der Waals surface area (Å²) in [5, 5.41) is 9.53. The molecule has 1 saturated heterocycles. The average Bonchev–Trinajstić information content (AvgIpc) is 2.67. The lowest BCUT2D eigenvalue weighted by atomic mass is 10.0. The van der Waals surface area contributed by atoms with Crippen molar-refractivity contribution < 1.29 is 22.7 Å². The molecule has 1 aliphatic rings. The van der Waals surface area contributed by atoms with Crippen molar-refractivity contribution in [3.63, 3.8) is 0 Å². The van der Waals surface area contributed by atoms with Gasteiger partial charge in [-0.2, -0.15) is 4.31 Å². The van der Waals surface area contributed by atoms with E-state index in [1.165, 1.54) is 16.4 Å². The average molecular weight is 440 g/mol. The second kappa shape index (κ2) is 10.2. The van der Waals surface area contributed by atoms with E-state index in [9.17, 15) is 22.7 Å². The molecule has 3 N–H and O–H groups in total. The van der Waals surface area contributed by atoms with E-state index in [4.69, 9.17) is 5.73 Å². The number of hydrogen-bond acceptors (Lipinski definition) is 5. The standard InChI is InChI=1S/C21H30FN3O4S/c1-3-4-5-6-7-12-21(23,20(26)27)16-30(28,29)25-14-13-24(15-17(25)2)19-10-8-18(22)9-11-19/h8-11,17H,3-6,13-16,23H2,1-2H3,(H,26,27)/t17-,21?/m1/s1. The number of nitrogens with two attached hydrogens (primary N) is 1. The monoisotopic (exact) mass is 439 g/mol. The van der Waals surface area contributed by atoms with Crippen LogP contribution in [0.25, 0.3) is 0 Å². The van der Waals surface area contributed by atoms with Crippen LogP contribution in [-0.2, 0) is 14.8 Å². The molecule has 0 aromatic heterocycles. The summed E-state index contributed by atoms with van der Waals surface area (Å²) in [6, 6.07) is 5.62. The van der Waals surface area contributed by atoms with Gasteiger partial charge in [-0.3, -0.25) is 0 Å². The largest absolute Gasteiger partial charge is 0.479 e. The van der Waals surface area contributed by atoms with E-state index in [-0.39, 0.29) is 12.4 Å². The number of rotatable bonds is 8. The minimum Gasteiger partial charge on any atom is -0.479 e. The Hall–Kier alpha value is -2.15. The second-order valence-corrected chi connectivity index (χ2v) is 9.60. The van der Waals surface area contributed by atoms with Gasteiger partial charge in [-0.05, 0) is 37.6 Å². The molecule has 1 aliphatic heterocycles. The number of carbonyl (C=O) groups is 1. The van der Waals surface area contributed by atoms with Crippen LogP contribution in [0.5, 0.6) is 0 Å². The summed E-state index contributed by atoms with van der Waals surface area (Å²) in [4.78, 5) is 13.7. The number of carboxylic acids is 1. The number of piperazine rings is 1. The topological polar surface area (TPSA) is 104 Å². The van der Waals surface area contributed by atoms with Crippen LogP contribution in [0.3, 0.4) is 0 Å². The van der Waals surface area contributed by atoms with Gasteiger partial charge in [-0.25, -0.2) is 17.6 Å². The van der Waals surface area contributed by atoms with Gasteiger partial charge >= 0.3 is 5.97 Å². The number of halogens is 1. The molecule has 1 aromatic carbocycles. The molecule has 0 bridgehead atoms. The zero-order valence-electron chi connectivity index (χ0n) is 17.5. The van der Waals surface area contributed by atoms with Crippen LogP contribution >= 0.6 is 0 Å². The Bertz CT molecular complexity index is 895. The Morgan fingerprint density at radius 2 is 1.97 bits per heavy atom. The Labute approximate surface area is 178 Å². The molecule has 0 radical (unpaired) electrons. The van der Waals surface area contributed by atoms with Crippen LogP contribution in [0.15, 0.2) is 24.3 Å². The number of anilines is 1. The van der Waals surface area contributed by atoms with Gasteiger partial charge in [-0.15, -0.1) is 5.92 Å². The SMILES string of the molecule is CCCCCC#CC(N)(CS(=O)(=O)N1CCN(c2ccc(F)cc2)C[C@H]1C)C(=O)O. The molecule has 0 aliphatic carbocycles. The molecular weight excluding hydrogens is 409 g/mol. The predicted octanol–water partition coefficient (Wildman–Crippen LogP) is 2.03. The summed E-state index contributed by atoms with van der Waals surface area (Å²) in [6.07, 6.45) is 3.26. The molecule has 7 nitrogen and oxygen atoms in total. The number of carboxylic acid groups (broad SMARTS) is 1. The van der Waals surface area contributed by atoms with Crippen molar-refractivity contribution in [1.82, 2.24) is 4.31 Å². The Morgan fingerprint density at radius 3 is 2.53 bits per heavy atom. The Balaban J connectivity index is 2.09. The van der Waals surface area contributed by atoms with Crippen LogP contribution in [0, 0.1) is 17.7 Å². The first-order valence-electron chi connectivity index (χ1n) is 10.1. The summed E-state index contributed by atoms with van der Waals surface area (Å²) in [7, 11) is -3.96. The van der Waals surface area contributed by atoms with Gasteiger partial charge < -0.3 is 15.7 Å². The third kappa shape index (κ3) is 6.17. The molecule has 30 heavy (non-hydrogen) atoms. The van der Waals surface area contributed by atoms with E-state index in [1.54, 1.807) is 19.1 Å². The van der Waals surface area contributed by atoms with Gasteiger partial charge in [0.1, 0.15) is 11.6 Å². The van der Waals surface area contributed by atoms with Crippen LogP contribution < -0.4 is 10.6 Å². The predicted molar refractivity (Wildman–Crippen MR) is 115 cm³/mol. The van der Waals surface area contributed by atoms with Crippen molar-refractivity contribution in [2.75, 3.05) is 30.3 Å². The fraction of sp³-hybridized carbons (Fsp3) is 0.571. The molecule has 166 valence electrons. The zero-order chi connectivity index (χ0) is 22.4. The first-order valence-corrected chi connectivity index (χ1v) is 11.7. The van der Waals surface area contributed by atoms with Crippen LogP contribution in [-0.4, -0.2) is 60.8 Å². The summed E-state index contributed by atoms with van der Waals surface area (Å²) >= 11 is 0. The molecule has 2 atom stereocenters. The Morgan fingerprint density at radius 1 is 1.30 bits per heavy atom. The first-order chi connectivity index (χ1) is 14.1. The van der Waals surface area contributed by atoms with E-state index in [0.717, 1.165) is 24.9 Å². The van der Waals surface area contributed by atoms with Gasteiger partial charge in [0.25, 0.3) is 0 Å². The summed E-state index contributed by atoms with van der Waals surface area (Å²) in [5.74, 6) is 2.65. The fourth-order valence-corrected chi connectivity index (χ4v) is 5.36. The van der Waals surface area contributed by atoms with Gasteiger partial charge in [0.05, 0.1) is 0 Å². The number of sulfonamides is 1. The number of hydrogen-bond donors (Lipinski definition) is 2. The van der Waals surface area contributed by atoms with E-state index in [2.05, 4.69) is 11.8 Å². The minimum absolute atomic E-state index is 0.181. The molecule has 0 amide bonds. The third-order valence-electron chi connectivity index (χ3n) is 5.12. The first kappa shape index (κ1) is 24.1. The quantitative estimate of drug-likeness (QED) is 0.475. The van der Waals surface area contributed by atoms with Crippen LogP contribution in [0.1, 0.15) is 39.5 Å². The van der Waals surface area contributed by atoms with Gasteiger partial charge in [0.15, 0.2) is 5.54 Å². The molecule has 1 aromatic rings. The van der Waals surface area contributed by atoms with Crippen molar-refractivity contribution in [3.05, 3.63) is 30.1 Å². The highest BCUT2D eigenvalue weighted by molar-refractivity contribution is 7.89. The van der Waals surface area contributed by atoms with Crippen molar-refractivity contribution in [1.29, 1.82) is 0 Å². The molecule has 2 rings (SSSR count). The highest BCUT2D eigenvalue weighted by Crippen LogP contribution is 2.23. The van der Waals surface area contributed by atoms with Gasteiger partial charge in [0, 0.05) is 37.8 Å². The maximum Gasteiger partial charge on any atom is 0.337 e. The van der Waals surface area contributed by atoms with Crippen molar-refractivity contribution in [2.45, 2.75) is 51.1 Å². The number of nitrogens with zero attached hydrogens (tertiary/aromatic N) is 2. The van der Waals surface area contributed by atoms with E-state index < -0.39 is 33.3 Å². The molecule has 1 heterocycles. The van der Waals surface area contributed by atoms with Crippen LogP contribution in [0.2, 0.25) is 0 Å². The highest BCUT2D eigenvalue weighted by Gasteiger charge is 2.42. The lowest BCUT2D eigenvalue weighted by molar-refractivity contribution is -0.140. The minimum atomic E-state index is -3.96. The summed E-state index contributed by atoms with van der Waals surface area (Å²) < 4.78 is 40.4. The molecule has 0 spiro atoms. The van der Waals surface area contributed by atoms with Crippen molar-refractivity contribution in [3.8, 4) is 11.8 Å². The third-order valence-corrected chi connectivity index (χ3v) is 7.20. The molecule has 0 saturated carbocycles. The van der Waals surface area contributed by atoms with Crippen molar-refractivity contribution >= 4 is 21.7 Å². The molecular formula is C21H30FN3O4S. The number of unbranched alkanes of at least 4 members (excludes halogenated alkanes) is 3. The molecule has 1 unspecified atom stereocenters. The fourth-order valence-electron chi connectivity index (χ4n) is 3.45. The van der Waals surface area contributed by atoms with Gasteiger partial charge in [-0.1, -0.05) is 25.7 Å². The lowest BCUT2D eigenvalue weighted by Gasteiger charge is -2.40. The van der Waals surface area contributed by atoms with E-state index >= 15 is 0 Å². The van der Waals surface area contributed by atoms with Crippen molar-refractivity contribution in [2.24, 2.45) is 5.73 Å². The highest BCUT2D eigenvalue weighted by atomic mass is 32.2. The normalized spacial score (nSPS) is 19.6.